The molecular weight excluding hydrogens is 340 g/mol. The van der Waals surface area contributed by atoms with E-state index in [0.29, 0.717) is 0 Å². The van der Waals surface area contributed by atoms with Gasteiger partial charge in [0.2, 0.25) is 5.91 Å². The fraction of sp³-hybridized carbons (Fsp3) is 0.182. The SMILES string of the molecule is C[C@@H](Cc1ccccc1)C(=O)Nc1ccc(SCc2ccccc2)nc1. The Hall–Kier alpha value is -2.59. The standard InChI is InChI=1S/C22H22N2OS/c1-17(14-18-8-4-2-5-9-18)22(25)24-20-12-13-21(23-15-20)26-16-19-10-6-3-7-11-19/h2-13,15,17H,14,16H2,1H3,(H,24,25)/t17-/m0/s1. The van der Waals surface area contributed by atoms with E-state index in [9.17, 15) is 4.79 Å². The first-order valence-electron chi connectivity index (χ1n) is 8.68. The summed E-state index contributed by atoms with van der Waals surface area (Å²) in [4.78, 5) is 16.8. The normalized spacial score (nSPS) is 11.7. The molecule has 0 fully saturated rings. The molecule has 0 radical (unpaired) electrons. The number of hydrogen-bond donors (Lipinski definition) is 1. The lowest BCUT2D eigenvalue weighted by Gasteiger charge is -2.12. The molecule has 1 atom stereocenters. The van der Waals surface area contributed by atoms with Gasteiger partial charge in [-0.3, -0.25) is 4.79 Å². The number of carbonyl (C=O) groups excluding carboxylic acids is 1. The summed E-state index contributed by atoms with van der Waals surface area (Å²) in [7, 11) is 0. The average molecular weight is 362 g/mol. The van der Waals surface area contributed by atoms with Gasteiger partial charge in [-0.2, -0.15) is 0 Å². The molecule has 3 nitrogen and oxygen atoms in total. The lowest BCUT2D eigenvalue weighted by Crippen LogP contribution is -2.22. The Kier molecular flexibility index (Phi) is 6.45. The summed E-state index contributed by atoms with van der Waals surface area (Å²) in [5, 5.41) is 3.90. The zero-order chi connectivity index (χ0) is 18.2. The monoisotopic (exact) mass is 362 g/mol. The molecule has 0 aliphatic rings. The zero-order valence-corrected chi connectivity index (χ0v) is 15.6. The van der Waals surface area contributed by atoms with Crippen LogP contribution in [0.4, 0.5) is 5.69 Å². The van der Waals surface area contributed by atoms with Crippen molar-refractivity contribution in [2.24, 2.45) is 5.92 Å². The minimum Gasteiger partial charge on any atom is -0.324 e. The van der Waals surface area contributed by atoms with Crippen molar-refractivity contribution in [2.45, 2.75) is 24.1 Å². The third kappa shape index (κ3) is 5.46. The molecule has 132 valence electrons. The summed E-state index contributed by atoms with van der Waals surface area (Å²) in [5.41, 5.74) is 3.17. The largest absolute Gasteiger partial charge is 0.324 e. The van der Waals surface area contributed by atoms with E-state index in [-0.39, 0.29) is 11.8 Å². The van der Waals surface area contributed by atoms with Crippen LogP contribution in [-0.2, 0) is 17.0 Å². The minimum atomic E-state index is -0.0930. The van der Waals surface area contributed by atoms with Crippen LogP contribution < -0.4 is 5.32 Å². The summed E-state index contributed by atoms with van der Waals surface area (Å²) in [6.45, 7) is 1.94. The third-order valence-corrected chi connectivity index (χ3v) is 5.08. The maximum atomic E-state index is 12.4. The molecule has 3 rings (SSSR count). The number of rotatable bonds is 7. The Bertz CT molecular complexity index is 820. The number of pyridine rings is 1. The molecule has 0 saturated heterocycles. The van der Waals surface area contributed by atoms with E-state index in [4.69, 9.17) is 0 Å². The number of thioether (sulfide) groups is 1. The van der Waals surface area contributed by atoms with E-state index in [2.05, 4.69) is 22.4 Å². The van der Waals surface area contributed by atoms with E-state index >= 15 is 0 Å². The highest BCUT2D eigenvalue weighted by atomic mass is 32.2. The lowest BCUT2D eigenvalue weighted by atomic mass is 10.0. The van der Waals surface area contributed by atoms with Gasteiger partial charge in [-0.05, 0) is 29.7 Å². The van der Waals surface area contributed by atoms with Gasteiger partial charge in [-0.15, -0.1) is 11.8 Å². The molecule has 0 aliphatic heterocycles. The summed E-state index contributed by atoms with van der Waals surface area (Å²) >= 11 is 1.69. The predicted molar refractivity (Wildman–Crippen MR) is 108 cm³/mol. The molecule has 1 N–H and O–H groups in total. The molecule has 0 unspecified atom stereocenters. The molecule has 26 heavy (non-hydrogen) atoms. The third-order valence-electron chi connectivity index (χ3n) is 4.07. The molecule has 0 saturated carbocycles. The first-order chi connectivity index (χ1) is 12.7. The average Bonchev–Trinajstić information content (AvgIpc) is 2.69. The fourth-order valence-electron chi connectivity index (χ4n) is 2.60. The number of anilines is 1. The fourth-order valence-corrected chi connectivity index (χ4v) is 3.40. The Morgan fingerprint density at radius 2 is 1.62 bits per heavy atom. The Labute approximate surface area is 158 Å². The molecule has 0 aliphatic carbocycles. The van der Waals surface area contributed by atoms with Crippen LogP contribution in [0.25, 0.3) is 0 Å². The van der Waals surface area contributed by atoms with Crippen LogP contribution in [0.15, 0.2) is 84.0 Å². The number of benzene rings is 2. The topological polar surface area (TPSA) is 42.0 Å². The Morgan fingerprint density at radius 1 is 0.962 bits per heavy atom. The number of carbonyl (C=O) groups is 1. The smallest absolute Gasteiger partial charge is 0.227 e. The minimum absolute atomic E-state index is 0.0142. The van der Waals surface area contributed by atoms with Gasteiger partial charge in [0.25, 0.3) is 0 Å². The van der Waals surface area contributed by atoms with Gasteiger partial charge in [0.15, 0.2) is 0 Å². The molecular formula is C22H22N2OS. The first-order valence-corrected chi connectivity index (χ1v) is 9.67. The highest BCUT2D eigenvalue weighted by Crippen LogP contribution is 2.22. The molecule has 2 aromatic carbocycles. The predicted octanol–water partition coefficient (Wildman–Crippen LogP) is 5.19. The van der Waals surface area contributed by atoms with Crippen LogP contribution in [0.2, 0.25) is 0 Å². The maximum Gasteiger partial charge on any atom is 0.227 e. The molecule has 0 spiro atoms. The van der Waals surface area contributed by atoms with Crippen molar-refractivity contribution >= 4 is 23.4 Å². The molecule has 3 aromatic rings. The second kappa shape index (κ2) is 9.20. The van der Waals surface area contributed by atoms with Crippen molar-refractivity contribution in [2.75, 3.05) is 5.32 Å². The quantitative estimate of drug-likeness (QED) is 0.588. The summed E-state index contributed by atoms with van der Waals surface area (Å²) in [6.07, 6.45) is 2.45. The Morgan fingerprint density at radius 3 is 2.23 bits per heavy atom. The number of aromatic nitrogens is 1. The highest BCUT2D eigenvalue weighted by Gasteiger charge is 2.13. The van der Waals surface area contributed by atoms with Crippen molar-refractivity contribution < 1.29 is 4.79 Å². The molecule has 1 aromatic heterocycles. The van der Waals surface area contributed by atoms with E-state index in [1.54, 1.807) is 18.0 Å². The van der Waals surface area contributed by atoms with Crippen LogP contribution in [0, 0.1) is 5.92 Å². The number of hydrogen-bond acceptors (Lipinski definition) is 3. The van der Waals surface area contributed by atoms with Gasteiger partial charge in [0.05, 0.1) is 16.9 Å². The van der Waals surface area contributed by atoms with E-state index in [1.807, 2.05) is 67.6 Å². The Balaban J connectivity index is 1.51. The summed E-state index contributed by atoms with van der Waals surface area (Å²) in [6, 6.07) is 24.2. The summed E-state index contributed by atoms with van der Waals surface area (Å²) in [5.74, 6) is 0.804. The van der Waals surface area contributed by atoms with Crippen molar-refractivity contribution in [1.29, 1.82) is 0 Å². The highest BCUT2D eigenvalue weighted by molar-refractivity contribution is 7.98. The van der Waals surface area contributed by atoms with Gasteiger partial charge in [0, 0.05) is 11.7 Å². The van der Waals surface area contributed by atoms with E-state index in [0.717, 1.165) is 22.9 Å². The molecule has 1 heterocycles. The van der Waals surface area contributed by atoms with Gasteiger partial charge in [-0.1, -0.05) is 67.6 Å². The van der Waals surface area contributed by atoms with E-state index in [1.165, 1.54) is 11.1 Å². The molecule has 0 bridgehead atoms. The maximum absolute atomic E-state index is 12.4. The van der Waals surface area contributed by atoms with Crippen LogP contribution >= 0.6 is 11.8 Å². The number of amides is 1. The van der Waals surface area contributed by atoms with Crippen molar-refractivity contribution in [3.8, 4) is 0 Å². The van der Waals surface area contributed by atoms with Crippen molar-refractivity contribution in [3.63, 3.8) is 0 Å². The van der Waals surface area contributed by atoms with E-state index < -0.39 is 0 Å². The lowest BCUT2D eigenvalue weighted by molar-refractivity contribution is -0.119. The van der Waals surface area contributed by atoms with Crippen LogP contribution in [0.3, 0.4) is 0 Å². The zero-order valence-electron chi connectivity index (χ0n) is 14.8. The number of nitrogens with one attached hydrogen (secondary N) is 1. The molecule has 4 heteroatoms. The van der Waals surface area contributed by atoms with Gasteiger partial charge < -0.3 is 5.32 Å². The summed E-state index contributed by atoms with van der Waals surface area (Å²) < 4.78 is 0. The second-order valence-corrected chi connectivity index (χ2v) is 7.24. The van der Waals surface area contributed by atoms with Gasteiger partial charge >= 0.3 is 0 Å². The van der Waals surface area contributed by atoms with Crippen LogP contribution in [-0.4, -0.2) is 10.9 Å². The van der Waals surface area contributed by atoms with Crippen molar-refractivity contribution in [3.05, 3.63) is 90.1 Å². The van der Waals surface area contributed by atoms with Crippen LogP contribution in [0.5, 0.6) is 0 Å². The van der Waals surface area contributed by atoms with Gasteiger partial charge in [0.1, 0.15) is 0 Å². The second-order valence-electron chi connectivity index (χ2n) is 6.24. The van der Waals surface area contributed by atoms with Gasteiger partial charge in [-0.25, -0.2) is 4.98 Å². The van der Waals surface area contributed by atoms with Crippen molar-refractivity contribution in [1.82, 2.24) is 4.98 Å². The molecule has 1 amide bonds. The first kappa shape index (κ1) is 18.2. The number of nitrogens with zero attached hydrogens (tertiary/aromatic N) is 1. The van der Waals surface area contributed by atoms with Crippen LogP contribution in [0.1, 0.15) is 18.1 Å².